The number of H-pyrrole nitrogens is 2. The largest absolute Gasteiger partial charge is 0.467 e. The fraction of sp³-hybridized carbons (Fsp3) is 0.286. The van der Waals surface area contributed by atoms with Crippen molar-refractivity contribution in [2.45, 2.75) is 44.6 Å². The number of methoxy groups -OCH3 is 1. The maximum absolute atomic E-state index is 14.1. The van der Waals surface area contributed by atoms with Gasteiger partial charge in [-0.15, -0.1) is 0 Å². The van der Waals surface area contributed by atoms with Gasteiger partial charge in [0.05, 0.1) is 13.4 Å². The fourth-order valence-corrected chi connectivity index (χ4v) is 4.38. The van der Waals surface area contributed by atoms with E-state index in [4.69, 9.17) is 4.74 Å². The Balaban J connectivity index is 1.67. The molecule has 4 N–H and O–H groups in total. The number of rotatable bonds is 8. The molecule has 16 heteroatoms. The van der Waals surface area contributed by atoms with Crippen LogP contribution in [0.15, 0.2) is 49.1 Å². The summed E-state index contributed by atoms with van der Waals surface area (Å²) in [6.07, 6.45) is -6.67. The van der Waals surface area contributed by atoms with Gasteiger partial charge >= 0.3 is 30.1 Å². The molecule has 44 heavy (non-hydrogen) atoms. The Morgan fingerprint density at radius 3 is 2.16 bits per heavy atom. The van der Waals surface area contributed by atoms with E-state index >= 15 is 0 Å². The fourth-order valence-electron chi connectivity index (χ4n) is 4.38. The molecule has 10 nitrogen and oxygen atoms in total. The molecular formula is C28H25F6N5O5. The number of ether oxygens (including phenoxy) is 2. The lowest BCUT2D eigenvalue weighted by atomic mass is 10.0. The molecule has 2 aromatic heterocycles. The number of hydrogen-bond acceptors (Lipinski definition) is 6. The third-order valence-electron chi connectivity index (χ3n) is 6.46. The predicted octanol–water partition coefficient (Wildman–Crippen LogP) is 5.68. The lowest BCUT2D eigenvalue weighted by molar-refractivity contribution is -0.146. The van der Waals surface area contributed by atoms with Crippen LogP contribution < -0.4 is 15.4 Å². The van der Waals surface area contributed by atoms with Gasteiger partial charge in [-0.25, -0.2) is 9.78 Å². The van der Waals surface area contributed by atoms with Crippen molar-refractivity contribution in [2.24, 2.45) is 0 Å². The van der Waals surface area contributed by atoms with Gasteiger partial charge in [-0.05, 0) is 41.8 Å². The second-order valence-electron chi connectivity index (χ2n) is 9.89. The highest BCUT2D eigenvalue weighted by Crippen LogP contribution is 2.47. The van der Waals surface area contributed by atoms with Crippen LogP contribution in [0.2, 0.25) is 0 Å². The molecule has 0 saturated carbocycles. The number of hydrogen-bond donors (Lipinski definition) is 4. The molecule has 0 spiro atoms. The molecule has 0 radical (unpaired) electrons. The average Bonchev–Trinajstić information content (AvgIpc) is 3.61. The van der Waals surface area contributed by atoms with E-state index in [9.17, 15) is 40.7 Å². The van der Waals surface area contributed by atoms with Crippen molar-refractivity contribution in [3.63, 3.8) is 0 Å². The number of esters is 1. The zero-order chi connectivity index (χ0) is 32.4. The Morgan fingerprint density at radius 2 is 1.61 bits per heavy atom. The summed E-state index contributed by atoms with van der Waals surface area (Å²) in [5.41, 5.74) is -2.97. The first-order valence-electron chi connectivity index (χ1n) is 12.9. The molecule has 0 fully saturated rings. The van der Waals surface area contributed by atoms with Gasteiger partial charge in [-0.3, -0.25) is 9.59 Å². The predicted molar refractivity (Wildman–Crippen MR) is 144 cm³/mol. The first-order chi connectivity index (χ1) is 20.6. The van der Waals surface area contributed by atoms with Crippen molar-refractivity contribution in [2.75, 3.05) is 12.4 Å². The summed E-state index contributed by atoms with van der Waals surface area (Å²) in [6, 6.07) is 2.99. The molecular weight excluding hydrogens is 600 g/mol. The number of anilines is 1. The number of carbonyl (C=O) groups is 3. The molecule has 2 aromatic carbocycles. The molecule has 2 heterocycles. The highest BCUT2D eigenvalue weighted by Gasteiger charge is 2.43. The van der Waals surface area contributed by atoms with Gasteiger partial charge < -0.3 is 30.1 Å². The number of carbonyl (C=O) groups excluding carboxylic acids is 3. The highest BCUT2D eigenvalue weighted by molar-refractivity contribution is 6.40. The summed E-state index contributed by atoms with van der Waals surface area (Å²) in [5.74, 6) is -5.99. The van der Waals surface area contributed by atoms with Crippen molar-refractivity contribution >= 4 is 34.4 Å². The monoisotopic (exact) mass is 625 g/mol. The minimum Gasteiger partial charge on any atom is -0.467 e. The number of nitrogens with one attached hydrogen (secondary N) is 4. The highest BCUT2D eigenvalue weighted by atomic mass is 19.4. The molecule has 0 aliphatic rings. The minimum atomic E-state index is -5.38. The lowest BCUT2D eigenvalue weighted by Crippen LogP contribution is -2.47. The number of alkyl halides is 6. The van der Waals surface area contributed by atoms with Crippen molar-refractivity contribution in [1.82, 2.24) is 20.3 Å². The van der Waals surface area contributed by atoms with Crippen LogP contribution in [-0.4, -0.2) is 45.9 Å². The summed E-state index contributed by atoms with van der Waals surface area (Å²) in [6.45, 7) is 3.73. The second kappa shape index (κ2) is 12.3. The Kier molecular flexibility index (Phi) is 8.92. The molecule has 234 valence electrons. The van der Waals surface area contributed by atoms with E-state index < -0.39 is 58.7 Å². The van der Waals surface area contributed by atoms with Crippen molar-refractivity contribution in [1.29, 1.82) is 0 Å². The topological polar surface area (TPSA) is 138 Å². The van der Waals surface area contributed by atoms with E-state index in [0.717, 1.165) is 12.7 Å². The van der Waals surface area contributed by atoms with Crippen LogP contribution in [0.4, 0.5) is 32.0 Å². The summed E-state index contributed by atoms with van der Waals surface area (Å²) in [4.78, 5) is 46.6. The summed E-state index contributed by atoms with van der Waals surface area (Å²) in [7, 11) is 1.01. The van der Waals surface area contributed by atoms with Crippen molar-refractivity contribution in [3.8, 4) is 11.5 Å². The van der Waals surface area contributed by atoms with E-state index in [1.807, 2.05) is 19.2 Å². The number of aromatic amines is 2. The van der Waals surface area contributed by atoms with Crippen LogP contribution in [0, 0.1) is 0 Å². The van der Waals surface area contributed by atoms with Gasteiger partial charge in [0, 0.05) is 41.1 Å². The molecule has 0 saturated heterocycles. The molecule has 0 aliphatic carbocycles. The van der Waals surface area contributed by atoms with Crippen molar-refractivity contribution < 1.29 is 50.2 Å². The summed E-state index contributed by atoms with van der Waals surface area (Å²) >= 11 is 0. The third kappa shape index (κ3) is 7.12. The quantitative estimate of drug-likeness (QED) is 0.113. The molecule has 0 bridgehead atoms. The standard InChI is InChI=1S/C28H25F6N5O5/c1-13(2)18-11-36-21-5-4-16(9-17(18)21)44-23-19(27(29,30)31)6-14(7-20(23)28(32,33)34)38-24(40)25(41)39-22(26(42)43-3)8-15-10-35-12-37-15/h4-7,9-13,22,36H,8H2,1-3H3,(H,35,37)(H,38,40)(H,39,41). The van der Waals surface area contributed by atoms with E-state index in [-0.39, 0.29) is 30.2 Å². The van der Waals surface area contributed by atoms with Gasteiger partial charge in [-0.2, -0.15) is 26.3 Å². The number of amides is 2. The van der Waals surface area contributed by atoms with Crippen LogP contribution in [-0.2, 0) is 37.9 Å². The first-order valence-corrected chi connectivity index (χ1v) is 12.9. The average molecular weight is 626 g/mol. The second-order valence-corrected chi connectivity index (χ2v) is 9.89. The molecule has 4 aromatic rings. The Morgan fingerprint density at radius 1 is 0.955 bits per heavy atom. The molecule has 1 atom stereocenters. The normalized spacial score (nSPS) is 12.7. The van der Waals surface area contributed by atoms with E-state index in [1.54, 1.807) is 11.5 Å². The van der Waals surface area contributed by atoms with Gasteiger partial charge in [0.2, 0.25) is 0 Å². The lowest BCUT2D eigenvalue weighted by Gasteiger charge is -2.21. The van der Waals surface area contributed by atoms with Crippen LogP contribution in [0.25, 0.3) is 10.9 Å². The third-order valence-corrected chi connectivity index (χ3v) is 6.46. The van der Waals surface area contributed by atoms with Crippen LogP contribution in [0.1, 0.15) is 42.1 Å². The smallest absolute Gasteiger partial charge is 0.420 e. The van der Waals surface area contributed by atoms with E-state index in [2.05, 4.69) is 19.7 Å². The molecule has 1 unspecified atom stereocenters. The van der Waals surface area contributed by atoms with Gasteiger partial charge in [0.15, 0.2) is 5.75 Å². The van der Waals surface area contributed by atoms with Crippen LogP contribution in [0.3, 0.4) is 0 Å². The van der Waals surface area contributed by atoms with E-state index in [1.165, 1.54) is 30.7 Å². The zero-order valence-electron chi connectivity index (χ0n) is 23.2. The number of halogens is 6. The molecule has 2 amide bonds. The Bertz CT molecular complexity index is 1640. The number of fused-ring (bicyclic) bond motifs is 1. The van der Waals surface area contributed by atoms with E-state index in [0.29, 0.717) is 16.6 Å². The maximum Gasteiger partial charge on any atom is 0.420 e. The Hall–Kier alpha value is -5.02. The van der Waals surface area contributed by atoms with Crippen LogP contribution in [0.5, 0.6) is 11.5 Å². The van der Waals surface area contributed by atoms with Gasteiger partial charge in [0.1, 0.15) is 22.9 Å². The first kappa shape index (κ1) is 31.9. The number of aromatic nitrogens is 3. The Labute approximate surface area is 245 Å². The summed E-state index contributed by atoms with van der Waals surface area (Å²) < 4.78 is 94.7. The van der Waals surface area contributed by atoms with Crippen molar-refractivity contribution in [3.05, 3.63) is 71.4 Å². The maximum atomic E-state index is 14.1. The SMILES string of the molecule is COC(=O)C(Cc1cnc[nH]1)NC(=O)C(=O)Nc1cc(C(F)(F)F)c(Oc2ccc3[nH]cc(C(C)C)c3c2)c(C(F)(F)F)c1. The van der Waals surface area contributed by atoms with Gasteiger partial charge in [-0.1, -0.05) is 13.8 Å². The number of nitrogens with zero attached hydrogens (tertiary/aromatic N) is 1. The number of imidazole rings is 1. The minimum absolute atomic E-state index is 0.0102. The van der Waals surface area contributed by atoms with Crippen LogP contribution >= 0.6 is 0 Å². The molecule has 0 aliphatic heterocycles. The number of benzene rings is 2. The molecule has 4 rings (SSSR count). The summed E-state index contributed by atoms with van der Waals surface area (Å²) in [5, 5.41) is 4.32. The zero-order valence-corrected chi connectivity index (χ0v) is 23.2. The van der Waals surface area contributed by atoms with Gasteiger partial charge in [0.25, 0.3) is 0 Å².